The van der Waals surface area contributed by atoms with Crippen LogP contribution in [0.15, 0.2) is 36.7 Å². The summed E-state index contributed by atoms with van der Waals surface area (Å²) in [6.45, 7) is 6.69. The minimum absolute atomic E-state index is 0.0844. The van der Waals surface area contributed by atoms with Crippen LogP contribution in [0.4, 0.5) is 17.3 Å². The fraction of sp³-hybridized carbons (Fsp3) is 0.400. The summed E-state index contributed by atoms with van der Waals surface area (Å²) >= 11 is 1.55. The van der Waals surface area contributed by atoms with Crippen LogP contribution in [-0.4, -0.2) is 60.5 Å². The first-order valence-corrected chi connectivity index (χ1v) is 12.5. The standard InChI is InChI=1S/C25H30N6OS/c1-3-30(2)25(32)24-23(17-6-4-5-7-17)19-14-22(28-16-20(19)33-24)29-21-9-8-18(15-27-21)31-12-10-26-11-13-31/h6,8-9,14-16,26H,3-5,7,10-13H2,1-2H3,(H,27,28,29). The van der Waals surface area contributed by atoms with E-state index in [1.165, 1.54) is 5.57 Å². The van der Waals surface area contributed by atoms with Crippen molar-refractivity contribution in [3.63, 3.8) is 0 Å². The first-order valence-electron chi connectivity index (χ1n) is 11.7. The molecule has 0 unspecified atom stereocenters. The van der Waals surface area contributed by atoms with Crippen LogP contribution in [-0.2, 0) is 0 Å². The third kappa shape index (κ3) is 4.45. The summed E-state index contributed by atoms with van der Waals surface area (Å²) in [7, 11) is 1.86. The number of carbonyl (C=O) groups excluding carboxylic acids is 1. The molecule has 0 aromatic carbocycles. The number of piperazine rings is 1. The molecule has 4 heterocycles. The Hall–Kier alpha value is -2.97. The van der Waals surface area contributed by atoms with Crippen molar-refractivity contribution >= 4 is 50.2 Å². The van der Waals surface area contributed by atoms with Crippen molar-refractivity contribution in [2.24, 2.45) is 0 Å². The quantitative estimate of drug-likeness (QED) is 0.562. The van der Waals surface area contributed by atoms with Gasteiger partial charge in [-0.2, -0.15) is 0 Å². The van der Waals surface area contributed by atoms with Crippen LogP contribution in [0.1, 0.15) is 41.4 Å². The topological polar surface area (TPSA) is 73.4 Å². The van der Waals surface area contributed by atoms with E-state index in [2.05, 4.69) is 43.7 Å². The van der Waals surface area contributed by atoms with E-state index < -0.39 is 0 Å². The normalized spacial score (nSPS) is 16.2. The molecule has 8 heteroatoms. The Balaban J connectivity index is 1.45. The molecule has 1 aliphatic carbocycles. The molecule has 0 saturated carbocycles. The van der Waals surface area contributed by atoms with Gasteiger partial charge in [0.05, 0.1) is 16.6 Å². The Bertz CT molecular complexity index is 1180. The molecule has 3 aromatic heterocycles. The largest absolute Gasteiger partial charge is 0.368 e. The smallest absolute Gasteiger partial charge is 0.264 e. The van der Waals surface area contributed by atoms with Gasteiger partial charge in [-0.15, -0.1) is 11.3 Å². The Morgan fingerprint density at radius 2 is 2.03 bits per heavy atom. The summed E-state index contributed by atoms with van der Waals surface area (Å²) in [4.78, 5) is 27.3. The number of amides is 1. The van der Waals surface area contributed by atoms with Crippen LogP contribution in [0.5, 0.6) is 0 Å². The number of fused-ring (bicyclic) bond motifs is 1. The van der Waals surface area contributed by atoms with Crippen LogP contribution in [0.3, 0.4) is 0 Å². The van der Waals surface area contributed by atoms with Gasteiger partial charge in [-0.1, -0.05) is 6.08 Å². The predicted octanol–water partition coefficient (Wildman–Crippen LogP) is 4.50. The van der Waals surface area contributed by atoms with Crippen molar-refractivity contribution in [3.05, 3.63) is 47.1 Å². The zero-order valence-corrected chi connectivity index (χ0v) is 20.0. The minimum atomic E-state index is 0.0844. The van der Waals surface area contributed by atoms with Gasteiger partial charge in [0.1, 0.15) is 16.5 Å². The fourth-order valence-corrected chi connectivity index (χ4v) is 5.64. The van der Waals surface area contributed by atoms with E-state index in [1.54, 1.807) is 16.2 Å². The molecule has 2 aliphatic rings. The van der Waals surface area contributed by atoms with Crippen LogP contribution in [0, 0.1) is 0 Å². The summed E-state index contributed by atoms with van der Waals surface area (Å²) in [5.41, 5.74) is 3.51. The van der Waals surface area contributed by atoms with E-state index in [0.29, 0.717) is 6.54 Å². The molecule has 3 aromatic rings. The van der Waals surface area contributed by atoms with E-state index in [-0.39, 0.29) is 5.91 Å². The second-order valence-electron chi connectivity index (χ2n) is 8.58. The number of thiophene rings is 1. The molecule has 1 amide bonds. The number of pyridine rings is 2. The average Bonchev–Trinajstić information content (AvgIpc) is 3.51. The van der Waals surface area contributed by atoms with Crippen LogP contribution < -0.4 is 15.5 Å². The lowest BCUT2D eigenvalue weighted by atomic mass is 10.0. The van der Waals surface area contributed by atoms with Gasteiger partial charge < -0.3 is 20.4 Å². The van der Waals surface area contributed by atoms with Crippen molar-refractivity contribution in [1.82, 2.24) is 20.2 Å². The summed E-state index contributed by atoms with van der Waals surface area (Å²) in [5.74, 6) is 1.59. The summed E-state index contributed by atoms with van der Waals surface area (Å²) in [5, 5.41) is 7.82. The number of carbonyl (C=O) groups is 1. The van der Waals surface area contributed by atoms with Crippen molar-refractivity contribution in [2.45, 2.75) is 26.2 Å². The molecule has 0 atom stereocenters. The number of hydrogen-bond donors (Lipinski definition) is 2. The minimum Gasteiger partial charge on any atom is -0.368 e. The van der Waals surface area contributed by atoms with Gasteiger partial charge >= 0.3 is 0 Å². The molecule has 1 aliphatic heterocycles. The zero-order chi connectivity index (χ0) is 22.8. The van der Waals surface area contributed by atoms with Crippen LogP contribution in [0.2, 0.25) is 0 Å². The zero-order valence-electron chi connectivity index (χ0n) is 19.2. The van der Waals surface area contributed by atoms with Crippen molar-refractivity contribution in [1.29, 1.82) is 0 Å². The predicted molar refractivity (Wildman–Crippen MR) is 137 cm³/mol. The molecular formula is C25H30N6OS. The monoisotopic (exact) mass is 462 g/mol. The molecule has 5 rings (SSSR count). The highest BCUT2D eigenvalue weighted by Gasteiger charge is 2.24. The van der Waals surface area contributed by atoms with Crippen LogP contribution in [0.25, 0.3) is 15.7 Å². The third-order valence-electron chi connectivity index (χ3n) is 6.44. The average molecular weight is 463 g/mol. The van der Waals surface area contributed by atoms with Gasteiger partial charge in [-0.25, -0.2) is 9.97 Å². The maximum Gasteiger partial charge on any atom is 0.264 e. The number of rotatable bonds is 6. The highest BCUT2D eigenvalue weighted by Crippen LogP contribution is 2.41. The second kappa shape index (κ2) is 9.49. The molecule has 2 N–H and O–H groups in total. The van der Waals surface area contributed by atoms with Gasteiger partial charge in [-0.05, 0) is 50.0 Å². The Morgan fingerprint density at radius 1 is 1.21 bits per heavy atom. The molecule has 7 nitrogen and oxygen atoms in total. The number of anilines is 3. The van der Waals surface area contributed by atoms with Crippen molar-refractivity contribution in [3.8, 4) is 0 Å². The number of allylic oxidation sites excluding steroid dienone is 2. The van der Waals surface area contributed by atoms with Crippen molar-refractivity contribution < 1.29 is 4.79 Å². The van der Waals surface area contributed by atoms with E-state index in [4.69, 9.17) is 0 Å². The number of hydrogen-bond acceptors (Lipinski definition) is 7. The molecule has 0 bridgehead atoms. The SMILES string of the molecule is CCN(C)C(=O)c1sc2cnc(Nc3ccc(N4CCNCC4)cn3)cc2c1C1=CCCC1. The van der Waals surface area contributed by atoms with E-state index in [1.807, 2.05) is 32.4 Å². The third-order valence-corrected chi connectivity index (χ3v) is 7.57. The van der Waals surface area contributed by atoms with E-state index in [0.717, 1.165) is 83.3 Å². The number of aromatic nitrogens is 2. The Kier molecular flexibility index (Phi) is 6.28. The first kappa shape index (κ1) is 21.9. The highest BCUT2D eigenvalue weighted by atomic mass is 32.1. The van der Waals surface area contributed by atoms with Gasteiger partial charge in [0.15, 0.2) is 0 Å². The van der Waals surface area contributed by atoms with Gasteiger partial charge in [0, 0.05) is 56.9 Å². The van der Waals surface area contributed by atoms with Gasteiger partial charge in [-0.3, -0.25) is 4.79 Å². The molecular weight excluding hydrogens is 432 g/mol. The fourth-order valence-electron chi connectivity index (χ4n) is 4.46. The van der Waals surface area contributed by atoms with Crippen molar-refractivity contribution in [2.75, 3.05) is 50.0 Å². The maximum absolute atomic E-state index is 13.1. The second-order valence-corrected chi connectivity index (χ2v) is 9.63. The summed E-state index contributed by atoms with van der Waals surface area (Å²) < 4.78 is 1.04. The molecule has 1 fully saturated rings. The number of nitrogens with one attached hydrogen (secondary N) is 2. The lowest BCUT2D eigenvalue weighted by molar-refractivity contribution is 0.0807. The molecule has 172 valence electrons. The summed E-state index contributed by atoms with van der Waals surface area (Å²) in [6.07, 6.45) is 9.31. The Labute approximate surface area is 198 Å². The molecule has 1 saturated heterocycles. The number of nitrogens with zero attached hydrogens (tertiary/aromatic N) is 4. The van der Waals surface area contributed by atoms with Crippen LogP contribution >= 0.6 is 11.3 Å². The molecule has 0 radical (unpaired) electrons. The molecule has 33 heavy (non-hydrogen) atoms. The highest BCUT2D eigenvalue weighted by molar-refractivity contribution is 7.21. The van der Waals surface area contributed by atoms with Gasteiger partial charge in [0.25, 0.3) is 5.91 Å². The molecule has 0 spiro atoms. The van der Waals surface area contributed by atoms with Gasteiger partial charge in [0.2, 0.25) is 0 Å². The Morgan fingerprint density at radius 3 is 2.73 bits per heavy atom. The lowest BCUT2D eigenvalue weighted by Crippen LogP contribution is -2.43. The summed E-state index contributed by atoms with van der Waals surface area (Å²) in [6, 6.07) is 6.17. The maximum atomic E-state index is 13.1. The first-order chi connectivity index (χ1) is 16.1. The van der Waals surface area contributed by atoms with E-state index in [9.17, 15) is 4.79 Å². The van der Waals surface area contributed by atoms with E-state index >= 15 is 0 Å². The lowest BCUT2D eigenvalue weighted by Gasteiger charge is -2.29.